The zero-order chi connectivity index (χ0) is 18.9. The first-order valence-corrected chi connectivity index (χ1v) is 10.6. The molecule has 3 rings (SSSR count). The van der Waals surface area contributed by atoms with Crippen LogP contribution in [0.5, 0.6) is 5.75 Å². The number of thioether (sulfide) groups is 1. The first-order valence-electron chi connectivity index (χ1n) is 8.91. The van der Waals surface area contributed by atoms with Gasteiger partial charge in [-0.05, 0) is 64.8 Å². The number of hydrogen-bond donors (Lipinski definition) is 2. The lowest BCUT2D eigenvalue weighted by atomic mass is 9.99. The summed E-state index contributed by atoms with van der Waals surface area (Å²) in [6.45, 7) is 2.60. The van der Waals surface area contributed by atoms with Gasteiger partial charge in [0.05, 0.1) is 0 Å². The quantitative estimate of drug-likeness (QED) is 0.500. The van der Waals surface area contributed by atoms with Gasteiger partial charge in [-0.2, -0.15) is 0 Å². The van der Waals surface area contributed by atoms with E-state index in [1.807, 2.05) is 41.8 Å². The van der Waals surface area contributed by atoms with Crippen LogP contribution < -0.4 is 15.8 Å². The van der Waals surface area contributed by atoms with Gasteiger partial charge in [0.15, 0.2) is 16.7 Å². The average molecular weight is 447 g/mol. The number of pyridine rings is 1. The highest BCUT2D eigenvalue weighted by Gasteiger charge is 2.10. The number of amidine groups is 1. The summed E-state index contributed by atoms with van der Waals surface area (Å²) in [6, 6.07) is 11.8. The fourth-order valence-corrected chi connectivity index (χ4v) is 3.62. The molecule has 0 unspecified atom stereocenters. The molecule has 1 aromatic carbocycles. The van der Waals surface area contributed by atoms with Crippen molar-refractivity contribution >= 4 is 38.7 Å². The summed E-state index contributed by atoms with van der Waals surface area (Å²) < 4.78 is 6.75. The lowest BCUT2D eigenvalue weighted by Gasteiger charge is -2.18. The zero-order valence-electron chi connectivity index (χ0n) is 15.0. The summed E-state index contributed by atoms with van der Waals surface area (Å²) >= 11 is 4.84. The number of nitrogens with one attached hydrogen (secondary N) is 1. The maximum absolute atomic E-state index is 6.08. The number of allylic oxidation sites excluding steroid dienone is 1. The molecule has 0 spiro atoms. The molecule has 1 aliphatic heterocycles. The van der Waals surface area contributed by atoms with Crippen LogP contribution in [-0.4, -0.2) is 23.2 Å². The second kappa shape index (κ2) is 10.5. The third-order valence-electron chi connectivity index (χ3n) is 4.18. The number of nitrogens with zero attached hydrogens (tertiary/aromatic N) is 2. The van der Waals surface area contributed by atoms with Crippen LogP contribution in [0.2, 0.25) is 0 Å². The summed E-state index contributed by atoms with van der Waals surface area (Å²) in [6.07, 6.45) is 6.24. The molecule has 0 aliphatic carbocycles. The topological polar surface area (TPSA) is 72.5 Å². The van der Waals surface area contributed by atoms with Gasteiger partial charge in [-0.15, -0.1) is 0 Å². The van der Waals surface area contributed by atoms with E-state index >= 15 is 0 Å². The van der Waals surface area contributed by atoms with Crippen molar-refractivity contribution in [1.29, 1.82) is 0 Å². The van der Waals surface area contributed by atoms with Crippen LogP contribution in [0.3, 0.4) is 0 Å². The van der Waals surface area contributed by atoms with Gasteiger partial charge in [0.2, 0.25) is 0 Å². The van der Waals surface area contributed by atoms with Crippen molar-refractivity contribution < 1.29 is 4.74 Å². The van der Waals surface area contributed by atoms with Crippen molar-refractivity contribution in [3.63, 3.8) is 0 Å². The van der Waals surface area contributed by atoms with E-state index in [1.165, 1.54) is 24.6 Å². The SMILES string of the molecule is N/C(=N/c1ncc(Br)cc1OCc1ccccc1)S/C=C/C1CCNCC1. The molecule has 1 saturated heterocycles. The van der Waals surface area contributed by atoms with E-state index < -0.39 is 0 Å². The highest BCUT2D eigenvalue weighted by Crippen LogP contribution is 2.29. The van der Waals surface area contributed by atoms with E-state index in [0.29, 0.717) is 29.3 Å². The molecule has 1 fully saturated rings. The van der Waals surface area contributed by atoms with Gasteiger partial charge in [-0.3, -0.25) is 0 Å². The van der Waals surface area contributed by atoms with Gasteiger partial charge in [-0.1, -0.05) is 48.2 Å². The number of aromatic nitrogens is 1. The summed E-state index contributed by atoms with van der Waals surface area (Å²) in [5.41, 5.74) is 7.16. The van der Waals surface area contributed by atoms with E-state index in [2.05, 4.69) is 37.3 Å². The predicted octanol–water partition coefficient (Wildman–Crippen LogP) is 4.62. The summed E-state index contributed by atoms with van der Waals surface area (Å²) in [4.78, 5) is 8.78. The highest BCUT2D eigenvalue weighted by molar-refractivity contribution is 9.10. The van der Waals surface area contributed by atoms with Gasteiger partial charge in [0.25, 0.3) is 0 Å². The van der Waals surface area contributed by atoms with Crippen LogP contribution in [-0.2, 0) is 6.61 Å². The first kappa shape index (κ1) is 19.9. The molecule has 27 heavy (non-hydrogen) atoms. The van der Waals surface area contributed by atoms with Crippen LogP contribution >= 0.6 is 27.7 Å². The molecule has 5 nitrogen and oxygen atoms in total. The summed E-state index contributed by atoms with van der Waals surface area (Å²) in [7, 11) is 0. The molecule has 0 bridgehead atoms. The van der Waals surface area contributed by atoms with E-state index in [1.54, 1.807) is 6.20 Å². The number of halogens is 1. The molecule has 0 radical (unpaired) electrons. The average Bonchev–Trinajstić information content (AvgIpc) is 2.70. The minimum Gasteiger partial charge on any atom is -0.485 e. The second-order valence-corrected chi connectivity index (χ2v) is 8.08. The van der Waals surface area contributed by atoms with Crippen LogP contribution in [0.4, 0.5) is 5.82 Å². The smallest absolute Gasteiger partial charge is 0.197 e. The second-order valence-electron chi connectivity index (χ2n) is 6.23. The number of nitrogens with two attached hydrogens (primary N) is 1. The van der Waals surface area contributed by atoms with Crippen molar-refractivity contribution in [2.75, 3.05) is 13.1 Å². The molecule has 0 saturated carbocycles. The lowest BCUT2D eigenvalue weighted by Crippen LogP contribution is -2.26. The van der Waals surface area contributed by atoms with E-state index in [-0.39, 0.29) is 0 Å². The molecule has 0 amide bonds. The van der Waals surface area contributed by atoms with Crippen molar-refractivity contribution in [3.8, 4) is 5.75 Å². The molecule has 3 N–H and O–H groups in total. The Morgan fingerprint density at radius 3 is 2.89 bits per heavy atom. The fourth-order valence-electron chi connectivity index (χ4n) is 2.73. The third kappa shape index (κ3) is 6.68. The minimum atomic E-state index is 0.444. The van der Waals surface area contributed by atoms with Crippen molar-refractivity contribution in [3.05, 3.63) is 64.1 Å². The van der Waals surface area contributed by atoms with Crippen molar-refractivity contribution in [1.82, 2.24) is 10.3 Å². The number of piperidine rings is 1. The van der Waals surface area contributed by atoms with Gasteiger partial charge in [-0.25, -0.2) is 9.98 Å². The Kier molecular flexibility index (Phi) is 7.74. The maximum atomic E-state index is 6.08. The molecule has 142 valence electrons. The number of ether oxygens (including phenoxy) is 1. The first-order chi connectivity index (χ1) is 13.2. The van der Waals surface area contributed by atoms with Gasteiger partial charge < -0.3 is 15.8 Å². The number of benzene rings is 1. The summed E-state index contributed by atoms with van der Waals surface area (Å²) in [5, 5.41) is 5.84. The van der Waals surface area contributed by atoms with E-state index in [9.17, 15) is 0 Å². The summed E-state index contributed by atoms with van der Waals surface area (Å²) in [5.74, 6) is 1.69. The molecule has 0 atom stereocenters. The maximum Gasteiger partial charge on any atom is 0.197 e. The Morgan fingerprint density at radius 2 is 2.11 bits per heavy atom. The molecule has 1 aromatic heterocycles. The van der Waals surface area contributed by atoms with Crippen molar-refractivity contribution in [2.24, 2.45) is 16.6 Å². The Morgan fingerprint density at radius 1 is 1.33 bits per heavy atom. The molecule has 2 aromatic rings. The Balaban J connectivity index is 1.63. The molecular formula is C20H23BrN4OS. The number of hydrogen-bond acceptors (Lipinski definition) is 5. The van der Waals surface area contributed by atoms with Gasteiger partial charge in [0.1, 0.15) is 6.61 Å². The predicted molar refractivity (Wildman–Crippen MR) is 116 cm³/mol. The van der Waals surface area contributed by atoms with E-state index in [4.69, 9.17) is 10.5 Å². The van der Waals surface area contributed by atoms with E-state index in [0.717, 1.165) is 23.1 Å². The monoisotopic (exact) mass is 446 g/mol. The van der Waals surface area contributed by atoms with Crippen LogP contribution in [0.15, 0.2) is 63.5 Å². The molecular weight excluding hydrogens is 424 g/mol. The van der Waals surface area contributed by atoms with Crippen molar-refractivity contribution in [2.45, 2.75) is 19.4 Å². The third-order valence-corrected chi connectivity index (χ3v) is 5.24. The van der Waals surface area contributed by atoms with Crippen LogP contribution in [0, 0.1) is 5.92 Å². The standard InChI is InChI=1S/C20H23BrN4OS/c21-17-12-18(26-14-16-4-2-1-3-5-16)19(24-13-17)25-20(22)27-11-8-15-6-9-23-10-7-15/h1-5,8,11-13,15,23H,6-7,9-10,14H2,(H2,22,24,25)/b11-8+. The minimum absolute atomic E-state index is 0.444. The number of rotatable bonds is 6. The molecule has 1 aliphatic rings. The number of aliphatic imine (C=N–C) groups is 1. The highest BCUT2D eigenvalue weighted by atomic mass is 79.9. The Bertz CT molecular complexity index is 792. The normalized spacial score (nSPS) is 16.0. The molecule has 2 heterocycles. The fraction of sp³-hybridized carbons (Fsp3) is 0.300. The lowest BCUT2D eigenvalue weighted by molar-refractivity contribution is 0.306. The van der Waals surface area contributed by atoms with Crippen LogP contribution in [0.1, 0.15) is 18.4 Å². The van der Waals surface area contributed by atoms with Crippen LogP contribution in [0.25, 0.3) is 0 Å². The molecule has 7 heteroatoms. The Labute approximate surface area is 172 Å². The Hall–Kier alpha value is -1.83. The van der Waals surface area contributed by atoms with Gasteiger partial charge >= 0.3 is 0 Å². The largest absolute Gasteiger partial charge is 0.485 e. The van der Waals surface area contributed by atoms with Gasteiger partial charge in [0, 0.05) is 10.7 Å². The zero-order valence-corrected chi connectivity index (χ0v) is 17.4.